The van der Waals surface area contributed by atoms with Crippen LogP contribution in [0, 0.1) is 27.7 Å². The van der Waals surface area contributed by atoms with Gasteiger partial charge >= 0.3 is 0 Å². The molecule has 0 bridgehead atoms. The van der Waals surface area contributed by atoms with Gasteiger partial charge in [-0.3, -0.25) is 4.99 Å². The molecule has 29 heavy (non-hydrogen) atoms. The lowest BCUT2D eigenvalue weighted by molar-refractivity contribution is 1.23. The number of benzene rings is 2. The van der Waals surface area contributed by atoms with Crippen molar-refractivity contribution in [2.24, 2.45) is 9.98 Å². The topological polar surface area (TPSA) is 37.6 Å². The van der Waals surface area contributed by atoms with Crippen LogP contribution >= 0.6 is 11.6 Å². The molecule has 3 aromatic rings. The minimum Gasteiger partial charge on any atom is -0.251 e. The quantitative estimate of drug-likeness (QED) is 0.422. The van der Waals surface area contributed by atoms with Crippen LogP contribution in [-0.4, -0.2) is 16.4 Å². The molecule has 3 nitrogen and oxygen atoms in total. The molecule has 1 aromatic heterocycles. The van der Waals surface area contributed by atoms with Crippen molar-refractivity contribution in [2.75, 3.05) is 0 Å². The van der Waals surface area contributed by atoms with Crippen LogP contribution in [0.2, 0.25) is 5.02 Å². The third-order valence-electron chi connectivity index (χ3n) is 4.87. The molecule has 148 valence electrons. The summed E-state index contributed by atoms with van der Waals surface area (Å²) in [5, 5.41) is 0.642. The Morgan fingerprint density at radius 2 is 1.24 bits per heavy atom. The van der Waals surface area contributed by atoms with Gasteiger partial charge in [0.05, 0.1) is 39.2 Å². The van der Waals surface area contributed by atoms with Gasteiger partial charge in [-0.25, -0.2) is 9.98 Å². The number of rotatable bonds is 4. The first kappa shape index (κ1) is 20.9. The van der Waals surface area contributed by atoms with Gasteiger partial charge in [-0.15, -0.1) is 0 Å². The van der Waals surface area contributed by atoms with Crippen molar-refractivity contribution >= 4 is 34.4 Å². The zero-order chi connectivity index (χ0) is 21.1. The van der Waals surface area contributed by atoms with Gasteiger partial charge in [-0.05, 0) is 76.4 Å². The number of nitrogens with zero attached hydrogens (tertiary/aromatic N) is 3. The minimum atomic E-state index is 0.642. The largest absolute Gasteiger partial charge is 0.251 e. The Morgan fingerprint density at radius 1 is 0.724 bits per heavy atom. The molecular formula is C25H26ClN3. The van der Waals surface area contributed by atoms with E-state index < -0.39 is 0 Å². The second-order valence-corrected chi connectivity index (χ2v) is 7.86. The van der Waals surface area contributed by atoms with E-state index in [1.165, 1.54) is 16.7 Å². The number of hydrogen-bond acceptors (Lipinski definition) is 3. The third kappa shape index (κ3) is 4.80. The van der Waals surface area contributed by atoms with Crippen molar-refractivity contribution < 1.29 is 0 Å². The molecule has 0 aliphatic carbocycles. The molecule has 0 saturated heterocycles. The smallest absolute Gasteiger partial charge is 0.0849 e. The zero-order valence-corrected chi connectivity index (χ0v) is 18.6. The molecule has 0 aliphatic heterocycles. The van der Waals surface area contributed by atoms with Crippen LogP contribution in [0.3, 0.4) is 0 Å². The molecule has 0 radical (unpaired) electrons. The summed E-state index contributed by atoms with van der Waals surface area (Å²) in [4.78, 5) is 14.4. The lowest BCUT2D eigenvalue weighted by Crippen LogP contribution is -2.05. The molecule has 0 unspecified atom stereocenters. The molecule has 0 spiro atoms. The van der Waals surface area contributed by atoms with Crippen molar-refractivity contribution in [1.82, 2.24) is 4.98 Å². The number of pyridine rings is 1. The summed E-state index contributed by atoms with van der Waals surface area (Å²) in [6.45, 7) is 12.3. The molecule has 0 saturated carbocycles. The van der Waals surface area contributed by atoms with Gasteiger partial charge < -0.3 is 0 Å². The normalized spacial score (nSPS) is 12.4. The van der Waals surface area contributed by atoms with Gasteiger partial charge in [-0.1, -0.05) is 47.5 Å². The highest BCUT2D eigenvalue weighted by atomic mass is 35.5. The molecular weight excluding hydrogens is 378 g/mol. The van der Waals surface area contributed by atoms with E-state index in [9.17, 15) is 0 Å². The van der Waals surface area contributed by atoms with E-state index in [-0.39, 0.29) is 0 Å². The standard InChI is InChI=1S/C25H26ClN3/c1-15-13-17(3)24(18(4)14-15)27-19(5)22-11-8-12-23(29-22)20(6)28-25-16(2)9-7-10-21(25)26/h7-14H,1-6H3. The van der Waals surface area contributed by atoms with Crippen LogP contribution in [-0.2, 0) is 0 Å². The van der Waals surface area contributed by atoms with Crippen LogP contribution in [0.15, 0.2) is 58.5 Å². The summed E-state index contributed by atoms with van der Waals surface area (Å²) in [6, 6.07) is 16.0. The number of hydrogen-bond donors (Lipinski definition) is 0. The van der Waals surface area contributed by atoms with Gasteiger partial charge in [-0.2, -0.15) is 0 Å². The monoisotopic (exact) mass is 403 g/mol. The number of aliphatic imine (C=N–C) groups is 2. The van der Waals surface area contributed by atoms with Crippen molar-refractivity contribution in [1.29, 1.82) is 0 Å². The Morgan fingerprint density at radius 3 is 1.79 bits per heavy atom. The summed E-state index contributed by atoms with van der Waals surface area (Å²) >= 11 is 6.33. The summed E-state index contributed by atoms with van der Waals surface area (Å²) in [6.07, 6.45) is 0. The Kier molecular flexibility index (Phi) is 6.29. The first-order valence-corrected chi connectivity index (χ1v) is 10.1. The SMILES string of the molecule is CC(=Nc1c(C)cc(C)cc1C)c1cccc(C(C)=Nc2c(C)cccc2Cl)n1. The number of para-hydroxylation sites is 1. The molecule has 0 amide bonds. The summed E-state index contributed by atoms with van der Waals surface area (Å²) in [7, 11) is 0. The Hall–Kier alpha value is -2.78. The van der Waals surface area contributed by atoms with Crippen LogP contribution < -0.4 is 0 Å². The first-order valence-electron chi connectivity index (χ1n) is 9.67. The maximum Gasteiger partial charge on any atom is 0.0849 e. The van der Waals surface area contributed by atoms with Crippen LogP contribution in [0.4, 0.5) is 11.4 Å². The third-order valence-corrected chi connectivity index (χ3v) is 5.18. The first-order chi connectivity index (χ1) is 13.8. The predicted octanol–water partition coefficient (Wildman–Crippen LogP) is 7.25. The maximum absolute atomic E-state index is 6.33. The van der Waals surface area contributed by atoms with Gasteiger partial charge in [0.1, 0.15) is 0 Å². The molecule has 0 fully saturated rings. The lowest BCUT2D eigenvalue weighted by Gasteiger charge is -2.09. The van der Waals surface area contributed by atoms with Gasteiger partial charge in [0.25, 0.3) is 0 Å². The van der Waals surface area contributed by atoms with E-state index in [0.717, 1.165) is 39.7 Å². The average Bonchev–Trinajstić information content (AvgIpc) is 2.67. The van der Waals surface area contributed by atoms with E-state index in [1.54, 1.807) is 0 Å². The maximum atomic E-state index is 6.33. The fourth-order valence-electron chi connectivity index (χ4n) is 3.40. The molecule has 0 N–H and O–H groups in total. The van der Waals surface area contributed by atoms with E-state index >= 15 is 0 Å². The number of aromatic nitrogens is 1. The summed E-state index contributed by atoms with van der Waals surface area (Å²) < 4.78 is 0. The van der Waals surface area contributed by atoms with Crippen LogP contribution in [0.1, 0.15) is 47.5 Å². The average molecular weight is 404 g/mol. The Balaban J connectivity index is 1.98. The van der Waals surface area contributed by atoms with Gasteiger partial charge in [0.15, 0.2) is 0 Å². The van der Waals surface area contributed by atoms with E-state index in [2.05, 4.69) is 32.9 Å². The highest BCUT2D eigenvalue weighted by molar-refractivity contribution is 6.33. The molecule has 3 rings (SSSR count). The fraction of sp³-hybridized carbons (Fsp3) is 0.240. The lowest BCUT2D eigenvalue weighted by atomic mass is 10.1. The molecule has 0 aliphatic rings. The number of aryl methyl sites for hydroxylation is 4. The molecule has 4 heteroatoms. The van der Waals surface area contributed by atoms with Crippen LogP contribution in [0.25, 0.3) is 0 Å². The second-order valence-electron chi connectivity index (χ2n) is 7.46. The zero-order valence-electron chi connectivity index (χ0n) is 17.8. The van der Waals surface area contributed by atoms with Crippen molar-refractivity contribution in [3.05, 3.63) is 87.2 Å². The van der Waals surface area contributed by atoms with E-state index in [1.807, 2.05) is 57.2 Å². The number of halogens is 1. The highest BCUT2D eigenvalue weighted by Gasteiger charge is 2.09. The van der Waals surface area contributed by atoms with Gasteiger partial charge in [0.2, 0.25) is 0 Å². The Bertz CT molecular complexity index is 1080. The summed E-state index contributed by atoms with van der Waals surface area (Å²) in [5.74, 6) is 0. The summed E-state index contributed by atoms with van der Waals surface area (Å²) in [5.41, 5.74) is 9.78. The van der Waals surface area contributed by atoms with Crippen molar-refractivity contribution in [3.8, 4) is 0 Å². The molecule has 0 atom stereocenters. The van der Waals surface area contributed by atoms with E-state index in [0.29, 0.717) is 5.02 Å². The van der Waals surface area contributed by atoms with Gasteiger partial charge in [0, 0.05) is 0 Å². The van der Waals surface area contributed by atoms with Crippen molar-refractivity contribution in [3.63, 3.8) is 0 Å². The minimum absolute atomic E-state index is 0.642. The van der Waals surface area contributed by atoms with Crippen LogP contribution in [0.5, 0.6) is 0 Å². The fourth-order valence-corrected chi connectivity index (χ4v) is 3.67. The van der Waals surface area contributed by atoms with Crippen molar-refractivity contribution in [2.45, 2.75) is 41.5 Å². The molecule has 1 heterocycles. The molecule has 2 aromatic carbocycles. The second kappa shape index (κ2) is 8.71. The van der Waals surface area contributed by atoms with E-state index in [4.69, 9.17) is 26.6 Å². The predicted molar refractivity (Wildman–Crippen MR) is 125 cm³/mol. The highest BCUT2D eigenvalue weighted by Crippen LogP contribution is 2.29. The Labute approximate surface area is 178 Å².